The van der Waals surface area contributed by atoms with Gasteiger partial charge in [-0.1, -0.05) is 20.4 Å². The highest BCUT2D eigenvalue weighted by Gasteiger charge is 2.43. The Morgan fingerprint density at radius 1 is 1.18 bits per heavy atom. The van der Waals surface area contributed by atoms with Gasteiger partial charge >= 0.3 is 0 Å². The lowest BCUT2D eigenvalue weighted by Crippen LogP contribution is -2.58. The van der Waals surface area contributed by atoms with Crippen molar-refractivity contribution >= 4 is 5.78 Å². The molecule has 0 saturated carbocycles. The van der Waals surface area contributed by atoms with Gasteiger partial charge < -0.3 is 9.80 Å². The molecule has 2 heterocycles. The summed E-state index contributed by atoms with van der Waals surface area (Å²) in [5.74, 6) is 0.108. The number of carbonyl (C=O) groups excluding carboxylic acids is 1. The predicted molar refractivity (Wildman–Crippen MR) is 71.9 cm³/mol. The predicted octanol–water partition coefficient (Wildman–Crippen LogP) is 2.14. The Balaban J connectivity index is 0.000000686. The second-order valence-corrected chi connectivity index (χ2v) is 5.16. The van der Waals surface area contributed by atoms with Crippen molar-refractivity contribution in [3.63, 3.8) is 0 Å². The largest absolute Gasteiger partial charge is 0.369 e. The standard InChI is InChI=1S/C12H20N2O.C2H6/c1-10(11(2)15)14-6-4-12(5-7-14)8-13(3)9-12;1-2/h1,4-9H2,2-3H3;1-2H3. The summed E-state index contributed by atoms with van der Waals surface area (Å²) in [6, 6.07) is 0. The lowest BCUT2D eigenvalue weighted by Gasteiger charge is -2.53. The van der Waals surface area contributed by atoms with Crippen LogP contribution in [-0.2, 0) is 4.79 Å². The lowest BCUT2D eigenvalue weighted by atomic mass is 9.72. The second kappa shape index (κ2) is 5.67. The summed E-state index contributed by atoms with van der Waals surface area (Å²) in [7, 11) is 2.17. The molecule has 2 rings (SSSR count). The van der Waals surface area contributed by atoms with Gasteiger partial charge in [-0.25, -0.2) is 0 Å². The minimum atomic E-state index is 0.108. The van der Waals surface area contributed by atoms with E-state index in [1.165, 1.54) is 25.9 Å². The molecule has 3 nitrogen and oxygen atoms in total. The fourth-order valence-electron chi connectivity index (χ4n) is 2.89. The summed E-state index contributed by atoms with van der Waals surface area (Å²) < 4.78 is 0. The summed E-state index contributed by atoms with van der Waals surface area (Å²) in [4.78, 5) is 15.7. The monoisotopic (exact) mass is 238 g/mol. The molecule has 0 atom stereocenters. The molecule has 0 aliphatic carbocycles. The van der Waals surface area contributed by atoms with Crippen molar-refractivity contribution in [1.82, 2.24) is 9.80 Å². The smallest absolute Gasteiger partial charge is 0.175 e. The molecule has 98 valence electrons. The van der Waals surface area contributed by atoms with Gasteiger partial charge in [0.2, 0.25) is 0 Å². The van der Waals surface area contributed by atoms with Gasteiger partial charge in [0.15, 0.2) is 5.78 Å². The van der Waals surface area contributed by atoms with Gasteiger partial charge in [-0.15, -0.1) is 0 Å². The van der Waals surface area contributed by atoms with Gasteiger partial charge in [-0.3, -0.25) is 4.79 Å². The van der Waals surface area contributed by atoms with Crippen LogP contribution < -0.4 is 0 Å². The maximum atomic E-state index is 11.2. The number of ketones is 1. The molecule has 0 radical (unpaired) electrons. The maximum Gasteiger partial charge on any atom is 0.175 e. The number of carbonyl (C=O) groups is 1. The van der Waals surface area contributed by atoms with Crippen LogP contribution in [0.25, 0.3) is 0 Å². The Hall–Kier alpha value is -0.830. The van der Waals surface area contributed by atoms with E-state index in [1.807, 2.05) is 13.8 Å². The molecule has 0 aromatic rings. The van der Waals surface area contributed by atoms with Crippen LogP contribution in [0.15, 0.2) is 12.3 Å². The van der Waals surface area contributed by atoms with Crippen LogP contribution in [0.2, 0.25) is 0 Å². The first-order chi connectivity index (χ1) is 8.02. The first-order valence-corrected chi connectivity index (χ1v) is 6.66. The Bertz CT molecular complexity index is 283. The zero-order chi connectivity index (χ0) is 13.1. The quantitative estimate of drug-likeness (QED) is 0.689. The van der Waals surface area contributed by atoms with E-state index in [9.17, 15) is 4.79 Å². The van der Waals surface area contributed by atoms with Crippen LogP contribution in [-0.4, -0.2) is 48.8 Å². The fourth-order valence-corrected chi connectivity index (χ4v) is 2.89. The fraction of sp³-hybridized carbons (Fsp3) is 0.786. The van der Waals surface area contributed by atoms with Crippen LogP contribution in [0.4, 0.5) is 0 Å². The van der Waals surface area contributed by atoms with E-state index in [0.717, 1.165) is 13.1 Å². The van der Waals surface area contributed by atoms with Crippen molar-refractivity contribution in [2.75, 3.05) is 33.2 Å². The summed E-state index contributed by atoms with van der Waals surface area (Å²) in [6.45, 7) is 13.9. The molecule has 0 bridgehead atoms. The number of rotatable bonds is 2. The number of likely N-dealkylation sites (tertiary alicyclic amines) is 2. The van der Waals surface area contributed by atoms with E-state index >= 15 is 0 Å². The number of hydrogen-bond donors (Lipinski definition) is 0. The SMILES string of the molecule is C=C(C(C)=O)N1CCC2(CC1)CN(C)C2.CC. The average molecular weight is 238 g/mol. The van der Waals surface area contributed by atoms with Crippen molar-refractivity contribution in [3.05, 3.63) is 12.3 Å². The zero-order valence-electron chi connectivity index (χ0n) is 11.8. The topological polar surface area (TPSA) is 23.6 Å². The van der Waals surface area contributed by atoms with Gasteiger partial charge in [0.1, 0.15) is 0 Å². The number of allylic oxidation sites excluding steroid dienone is 1. The van der Waals surface area contributed by atoms with Gasteiger partial charge in [0.25, 0.3) is 0 Å². The highest BCUT2D eigenvalue weighted by molar-refractivity contribution is 5.91. The van der Waals surface area contributed by atoms with Crippen molar-refractivity contribution in [2.45, 2.75) is 33.6 Å². The Morgan fingerprint density at radius 2 is 1.65 bits per heavy atom. The molecule has 2 aliphatic rings. The molecule has 2 saturated heterocycles. The molecule has 2 fully saturated rings. The maximum absolute atomic E-state index is 11.2. The average Bonchev–Trinajstić information content (AvgIpc) is 2.30. The van der Waals surface area contributed by atoms with E-state index in [4.69, 9.17) is 0 Å². The molecule has 0 N–H and O–H groups in total. The molecular weight excluding hydrogens is 212 g/mol. The molecule has 0 aromatic carbocycles. The molecular formula is C14H26N2O. The van der Waals surface area contributed by atoms with Gasteiger partial charge in [0, 0.05) is 33.1 Å². The van der Waals surface area contributed by atoms with E-state index in [2.05, 4.69) is 23.4 Å². The number of hydrogen-bond acceptors (Lipinski definition) is 3. The third-order valence-corrected chi connectivity index (χ3v) is 3.82. The van der Waals surface area contributed by atoms with Crippen molar-refractivity contribution in [2.24, 2.45) is 5.41 Å². The number of piperidine rings is 1. The Labute approximate surface area is 105 Å². The van der Waals surface area contributed by atoms with Crippen LogP contribution >= 0.6 is 0 Å². The number of nitrogens with zero attached hydrogens (tertiary/aromatic N) is 2. The Morgan fingerprint density at radius 3 is 2.00 bits per heavy atom. The summed E-state index contributed by atoms with van der Waals surface area (Å²) in [5, 5.41) is 0. The summed E-state index contributed by atoms with van der Waals surface area (Å²) in [6.07, 6.45) is 2.42. The minimum absolute atomic E-state index is 0.108. The first kappa shape index (κ1) is 14.2. The summed E-state index contributed by atoms with van der Waals surface area (Å²) in [5.41, 5.74) is 1.25. The molecule has 0 amide bonds. The molecule has 0 unspecified atom stereocenters. The van der Waals surface area contributed by atoms with Crippen molar-refractivity contribution in [3.8, 4) is 0 Å². The van der Waals surface area contributed by atoms with E-state index in [1.54, 1.807) is 6.92 Å². The van der Waals surface area contributed by atoms with Crippen LogP contribution in [0.1, 0.15) is 33.6 Å². The van der Waals surface area contributed by atoms with Gasteiger partial charge in [-0.2, -0.15) is 0 Å². The molecule has 2 aliphatic heterocycles. The normalized spacial score (nSPS) is 22.5. The second-order valence-electron chi connectivity index (χ2n) is 5.16. The molecule has 0 aromatic heterocycles. The lowest BCUT2D eigenvalue weighted by molar-refractivity contribution is -0.115. The zero-order valence-corrected chi connectivity index (χ0v) is 11.8. The van der Waals surface area contributed by atoms with E-state index in [0.29, 0.717) is 11.1 Å². The molecule has 1 spiro atoms. The highest BCUT2D eigenvalue weighted by Crippen LogP contribution is 2.39. The van der Waals surface area contributed by atoms with Crippen LogP contribution in [0, 0.1) is 5.41 Å². The van der Waals surface area contributed by atoms with Crippen LogP contribution in [0.5, 0.6) is 0 Å². The highest BCUT2D eigenvalue weighted by atomic mass is 16.1. The number of Topliss-reactive ketones (excluding diaryl/α,β-unsaturated/α-hetero) is 1. The van der Waals surface area contributed by atoms with Gasteiger partial charge in [-0.05, 0) is 25.3 Å². The van der Waals surface area contributed by atoms with Crippen molar-refractivity contribution < 1.29 is 4.79 Å². The first-order valence-electron chi connectivity index (χ1n) is 6.66. The van der Waals surface area contributed by atoms with Crippen molar-refractivity contribution in [1.29, 1.82) is 0 Å². The van der Waals surface area contributed by atoms with E-state index in [-0.39, 0.29) is 5.78 Å². The Kier molecular flexibility index (Phi) is 4.75. The minimum Gasteiger partial charge on any atom is -0.369 e. The van der Waals surface area contributed by atoms with Gasteiger partial charge in [0.05, 0.1) is 5.70 Å². The third kappa shape index (κ3) is 3.09. The van der Waals surface area contributed by atoms with E-state index < -0.39 is 0 Å². The summed E-state index contributed by atoms with van der Waals surface area (Å²) >= 11 is 0. The third-order valence-electron chi connectivity index (χ3n) is 3.82. The van der Waals surface area contributed by atoms with Crippen LogP contribution in [0.3, 0.4) is 0 Å². The molecule has 17 heavy (non-hydrogen) atoms. The molecule has 3 heteroatoms.